The fourth-order valence-corrected chi connectivity index (χ4v) is 2.45. The molecule has 0 saturated carbocycles. The van der Waals surface area contributed by atoms with E-state index in [2.05, 4.69) is 0 Å². The lowest BCUT2D eigenvalue weighted by molar-refractivity contribution is 0.0617. The van der Waals surface area contributed by atoms with E-state index in [1.807, 2.05) is 0 Å². The number of carboxylic acids is 2. The van der Waals surface area contributed by atoms with Crippen LogP contribution in [-0.2, 0) is 11.5 Å². The van der Waals surface area contributed by atoms with E-state index in [-0.39, 0.29) is 23.6 Å². The molecule has 0 spiro atoms. The molecule has 0 atom stereocenters. The van der Waals surface area contributed by atoms with Crippen molar-refractivity contribution in [2.24, 2.45) is 0 Å². The smallest absolute Gasteiger partial charge is 0.353 e. The van der Waals surface area contributed by atoms with Crippen LogP contribution in [0, 0.1) is 6.92 Å². The number of carboxylic acid groups (broad SMARTS) is 2. The maximum atomic E-state index is 11.7. The predicted molar refractivity (Wildman–Crippen MR) is 80.1 cm³/mol. The van der Waals surface area contributed by atoms with Gasteiger partial charge in [-0.3, -0.25) is 0 Å². The van der Waals surface area contributed by atoms with Gasteiger partial charge >= 0.3 is 11.9 Å². The Kier molecular flexibility index (Phi) is 4.62. The average Bonchev–Trinajstić information content (AvgIpc) is 2.79. The summed E-state index contributed by atoms with van der Waals surface area (Å²) < 4.78 is 6.67. The van der Waals surface area contributed by atoms with Crippen molar-refractivity contribution in [3.05, 3.63) is 47.3 Å². The first-order valence-electron chi connectivity index (χ1n) is 6.81. The van der Waals surface area contributed by atoms with Gasteiger partial charge in [-0.15, -0.1) is 0 Å². The fraction of sp³-hybridized carbons (Fsp3) is 0.250. The zero-order valence-electron chi connectivity index (χ0n) is 12.4. The molecule has 2 rings (SSSR count). The number of benzene rings is 1. The molecular weight excluding hydrogens is 286 g/mol. The zero-order valence-corrected chi connectivity index (χ0v) is 12.4. The summed E-state index contributed by atoms with van der Waals surface area (Å²) in [5.74, 6) is -2.34. The standard InChI is InChI=1S/C16H17NO5/c1-3-22-9-17-10(2)12(15(18)19)13(14(17)16(20)21)11-7-5-4-6-8-11/h4-8H,3,9H2,1-2H3,(H,18,19)(H,20,21). The first-order chi connectivity index (χ1) is 10.5. The molecule has 0 aliphatic rings. The van der Waals surface area contributed by atoms with Crippen LogP contribution in [0.1, 0.15) is 33.5 Å². The van der Waals surface area contributed by atoms with E-state index in [9.17, 15) is 19.8 Å². The Bertz CT molecular complexity index is 703. The zero-order chi connectivity index (χ0) is 16.3. The van der Waals surface area contributed by atoms with Crippen LogP contribution in [0.2, 0.25) is 0 Å². The minimum atomic E-state index is -1.19. The quantitative estimate of drug-likeness (QED) is 0.856. The summed E-state index contributed by atoms with van der Waals surface area (Å²) in [5, 5.41) is 19.1. The van der Waals surface area contributed by atoms with Gasteiger partial charge in [0.15, 0.2) is 0 Å². The van der Waals surface area contributed by atoms with E-state index >= 15 is 0 Å². The highest BCUT2D eigenvalue weighted by molar-refractivity contribution is 6.05. The van der Waals surface area contributed by atoms with E-state index in [1.165, 1.54) is 4.57 Å². The summed E-state index contributed by atoms with van der Waals surface area (Å²) in [7, 11) is 0. The van der Waals surface area contributed by atoms with Crippen LogP contribution in [0.4, 0.5) is 0 Å². The van der Waals surface area contributed by atoms with Gasteiger partial charge in [0, 0.05) is 17.9 Å². The lowest BCUT2D eigenvalue weighted by Crippen LogP contribution is -2.13. The first kappa shape index (κ1) is 15.8. The van der Waals surface area contributed by atoms with Crippen molar-refractivity contribution in [2.75, 3.05) is 6.61 Å². The SMILES string of the molecule is CCOCn1c(C)c(C(=O)O)c(-c2ccccc2)c1C(=O)O. The molecule has 0 fully saturated rings. The summed E-state index contributed by atoms with van der Waals surface area (Å²) in [6.07, 6.45) is 0. The molecule has 0 aliphatic carbocycles. The Labute approximate surface area is 127 Å². The minimum absolute atomic E-state index is 0.00290. The highest BCUT2D eigenvalue weighted by atomic mass is 16.5. The van der Waals surface area contributed by atoms with Crippen LogP contribution in [0.5, 0.6) is 0 Å². The summed E-state index contributed by atoms with van der Waals surface area (Å²) in [6, 6.07) is 8.65. The highest BCUT2D eigenvalue weighted by Crippen LogP contribution is 2.33. The Morgan fingerprint density at radius 1 is 1.14 bits per heavy atom. The number of aromatic nitrogens is 1. The van der Waals surface area contributed by atoms with Gasteiger partial charge in [-0.2, -0.15) is 0 Å². The van der Waals surface area contributed by atoms with Gasteiger partial charge in [0.2, 0.25) is 0 Å². The van der Waals surface area contributed by atoms with Crippen LogP contribution < -0.4 is 0 Å². The van der Waals surface area contributed by atoms with Gasteiger partial charge in [0.25, 0.3) is 0 Å². The van der Waals surface area contributed by atoms with Crippen molar-refractivity contribution in [1.29, 1.82) is 0 Å². The molecule has 1 aromatic heterocycles. The van der Waals surface area contributed by atoms with E-state index in [4.69, 9.17) is 4.74 Å². The van der Waals surface area contributed by atoms with Gasteiger partial charge in [-0.05, 0) is 19.4 Å². The number of ether oxygens (including phenoxy) is 1. The number of nitrogens with zero attached hydrogens (tertiary/aromatic N) is 1. The van der Waals surface area contributed by atoms with Gasteiger partial charge in [-0.25, -0.2) is 9.59 Å². The van der Waals surface area contributed by atoms with Crippen LogP contribution in [0.15, 0.2) is 30.3 Å². The fourth-order valence-electron chi connectivity index (χ4n) is 2.45. The summed E-state index contributed by atoms with van der Waals surface area (Å²) >= 11 is 0. The Hall–Kier alpha value is -2.60. The molecule has 2 aromatic rings. The van der Waals surface area contributed by atoms with Crippen LogP contribution in [0.25, 0.3) is 11.1 Å². The largest absolute Gasteiger partial charge is 0.478 e. The molecule has 116 valence electrons. The normalized spacial score (nSPS) is 10.6. The Morgan fingerprint density at radius 2 is 1.77 bits per heavy atom. The second-order valence-electron chi connectivity index (χ2n) is 4.71. The number of carbonyl (C=O) groups is 2. The van der Waals surface area contributed by atoms with E-state index in [0.717, 1.165) is 0 Å². The van der Waals surface area contributed by atoms with Crippen molar-refractivity contribution in [3.8, 4) is 11.1 Å². The van der Waals surface area contributed by atoms with Crippen molar-refractivity contribution < 1.29 is 24.5 Å². The molecule has 6 nitrogen and oxygen atoms in total. The second kappa shape index (κ2) is 6.44. The molecule has 0 saturated heterocycles. The van der Waals surface area contributed by atoms with Gasteiger partial charge in [0.1, 0.15) is 12.4 Å². The molecule has 0 bridgehead atoms. The summed E-state index contributed by atoms with van der Waals surface area (Å²) in [4.78, 5) is 23.3. The van der Waals surface area contributed by atoms with E-state index < -0.39 is 11.9 Å². The predicted octanol–water partition coefficient (Wildman–Crippen LogP) is 2.85. The van der Waals surface area contributed by atoms with Gasteiger partial charge in [0.05, 0.1) is 5.56 Å². The van der Waals surface area contributed by atoms with Crippen LogP contribution >= 0.6 is 0 Å². The topological polar surface area (TPSA) is 88.8 Å². The average molecular weight is 303 g/mol. The maximum Gasteiger partial charge on any atom is 0.353 e. The van der Waals surface area contributed by atoms with Crippen LogP contribution in [-0.4, -0.2) is 33.3 Å². The van der Waals surface area contributed by atoms with E-state index in [1.54, 1.807) is 44.2 Å². The Morgan fingerprint density at radius 3 is 2.27 bits per heavy atom. The van der Waals surface area contributed by atoms with Crippen molar-refractivity contribution >= 4 is 11.9 Å². The van der Waals surface area contributed by atoms with Crippen molar-refractivity contribution in [2.45, 2.75) is 20.6 Å². The lowest BCUT2D eigenvalue weighted by atomic mass is 10.0. The minimum Gasteiger partial charge on any atom is -0.478 e. The van der Waals surface area contributed by atoms with Gasteiger partial charge in [-0.1, -0.05) is 30.3 Å². The number of rotatable bonds is 6. The third kappa shape index (κ3) is 2.73. The molecule has 1 aromatic carbocycles. The van der Waals surface area contributed by atoms with Crippen LogP contribution in [0.3, 0.4) is 0 Å². The van der Waals surface area contributed by atoms with Gasteiger partial charge < -0.3 is 19.5 Å². The molecular formula is C16H17NO5. The molecule has 0 aliphatic heterocycles. The third-order valence-electron chi connectivity index (χ3n) is 3.43. The number of hydrogen-bond donors (Lipinski definition) is 2. The molecule has 0 radical (unpaired) electrons. The maximum absolute atomic E-state index is 11.7. The molecule has 0 amide bonds. The van der Waals surface area contributed by atoms with Crippen molar-refractivity contribution in [1.82, 2.24) is 4.57 Å². The first-order valence-corrected chi connectivity index (χ1v) is 6.81. The molecule has 6 heteroatoms. The van der Waals surface area contributed by atoms with Crippen molar-refractivity contribution in [3.63, 3.8) is 0 Å². The summed E-state index contributed by atoms with van der Waals surface area (Å²) in [6.45, 7) is 3.77. The Balaban J connectivity index is 2.79. The number of aromatic carboxylic acids is 2. The third-order valence-corrected chi connectivity index (χ3v) is 3.43. The molecule has 1 heterocycles. The lowest BCUT2D eigenvalue weighted by Gasteiger charge is -2.09. The second-order valence-corrected chi connectivity index (χ2v) is 4.71. The van der Waals surface area contributed by atoms with E-state index in [0.29, 0.717) is 17.9 Å². The molecule has 2 N–H and O–H groups in total. The summed E-state index contributed by atoms with van der Waals surface area (Å²) in [5.41, 5.74) is 1.03. The molecule has 22 heavy (non-hydrogen) atoms. The number of hydrogen-bond acceptors (Lipinski definition) is 3. The monoisotopic (exact) mass is 303 g/mol. The molecule has 0 unspecified atom stereocenters. The highest BCUT2D eigenvalue weighted by Gasteiger charge is 2.29.